The zero-order valence-electron chi connectivity index (χ0n) is 12.8. The molecule has 0 aromatic heterocycles. The first-order chi connectivity index (χ1) is 9.10. The Labute approximate surface area is 118 Å². The van der Waals surface area contributed by atoms with Gasteiger partial charge in [-0.05, 0) is 50.4 Å². The number of benzene rings is 1. The smallest absolute Gasteiger partial charge is 0.0342 e. The second kappa shape index (κ2) is 6.42. The molecule has 0 spiro atoms. The summed E-state index contributed by atoms with van der Waals surface area (Å²) < 4.78 is 0. The number of nitrogens with zero attached hydrogens (tertiary/aromatic N) is 1. The highest BCUT2D eigenvalue weighted by molar-refractivity contribution is 5.45. The number of rotatable bonds is 4. The molecule has 1 aromatic rings. The summed E-state index contributed by atoms with van der Waals surface area (Å²) in [6.07, 6.45) is 3.63. The molecule has 2 nitrogen and oxygen atoms in total. The third kappa shape index (κ3) is 3.73. The molecule has 3 atom stereocenters. The van der Waals surface area contributed by atoms with Crippen LogP contribution >= 0.6 is 0 Å². The molecular formula is C17H28N2. The monoisotopic (exact) mass is 260 g/mol. The highest BCUT2D eigenvalue weighted by Crippen LogP contribution is 2.24. The van der Waals surface area contributed by atoms with Crippen molar-refractivity contribution in [1.82, 2.24) is 4.90 Å². The summed E-state index contributed by atoms with van der Waals surface area (Å²) in [7, 11) is 2.23. The van der Waals surface area contributed by atoms with E-state index in [4.69, 9.17) is 0 Å². The van der Waals surface area contributed by atoms with E-state index in [-0.39, 0.29) is 0 Å². The Morgan fingerprint density at radius 3 is 2.53 bits per heavy atom. The van der Waals surface area contributed by atoms with Crippen molar-refractivity contribution in [3.8, 4) is 0 Å². The topological polar surface area (TPSA) is 15.3 Å². The number of aryl methyl sites for hydroxylation is 1. The summed E-state index contributed by atoms with van der Waals surface area (Å²) in [4.78, 5) is 2.47. The molecule has 106 valence electrons. The zero-order chi connectivity index (χ0) is 13.8. The maximum atomic E-state index is 3.72. The predicted molar refractivity (Wildman–Crippen MR) is 83.7 cm³/mol. The molecule has 0 saturated carbocycles. The third-order valence-corrected chi connectivity index (χ3v) is 4.46. The Hall–Kier alpha value is -1.02. The average molecular weight is 260 g/mol. The van der Waals surface area contributed by atoms with Gasteiger partial charge in [0.05, 0.1) is 0 Å². The first-order valence-electron chi connectivity index (χ1n) is 7.66. The van der Waals surface area contributed by atoms with Crippen LogP contribution in [0.2, 0.25) is 0 Å². The van der Waals surface area contributed by atoms with Gasteiger partial charge in [-0.25, -0.2) is 0 Å². The van der Waals surface area contributed by atoms with Gasteiger partial charge in [0.25, 0.3) is 0 Å². The lowest BCUT2D eigenvalue weighted by molar-refractivity contribution is 0.145. The van der Waals surface area contributed by atoms with Crippen LogP contribution in [0.3, 0.4) is 0 Å². The molecule has 1 aromatic carbocycles. The van der Waals surface area contributed by atoms with Gasteiger partial charge in [-0.3, -0.25) is 0 Å². The summed E-state index contributed by atoms with van der Waals surface area (Å²) in [5, 5.41) is 3.72. The number of hydrogen-bond acceptors (Lipinski definition) is 2. The Kier molecular flexibility index (Phi) is 4.87. The molecule has 2 heteroatoms. The fraction of sp³-hybridized carbons (Fsp3) is 0.647. The number of likely N-dealkylation sites (tertiary alicyclic amines) is 1. The van der Waals surface area contributed by atoms with Gasteiger partial charge in [0.1, 0.15) is 0 Å². The first kappa shape index (κ1) is 14.4. The lowest BCUT2D eigenvalue weighted by atomic mass is 9.89. The molecule has 1 N–H and O–H groups in total. The first-order valence-corrected chi connectivity index (χ1v) is 7.66. The molecule has 0 amide bonds. The van der Waals surface area contributed by atoms with Gasteiger partial charge in [-0.2, -0.15) is 0 Å². The standard InChI is InChI=1S/C17H28N2/c1-5-6-15-7-9-16(10-8-15)18-17-11-14(3)19(4)12-13(17)2/h7-10,13-14,17-18H,5-6,11-12H2,1-4H3. The summed E-state index contributed by atoms with van der Waals surface area (Å²) in [6.45, 7) is 8.09. The minimum atomic E-state index is 0.600. The quantitative estimate of drug-likeness (QED) is 0.886. The van der Waals surface area contributed by atoms with Gasteiger partial charge in [0.15, 0.2) is 0 Å². The molecular weight excluding hydrogens is 232 g/mol. The fourth-order valence-electron chi connectivity index (χ4n) is 3.01. The van der Waals surface area contributed by atoms with E-state index in [2.05, 4.69) is 62.3 Å². The van der Waals surface area contributed by atoms with E-state index in [1.807, 2.05) is 0 Å². The van der Waals surface area contributed by atoms with E-state index in [0.29, 0.717) is 18.0 Å². The summed E-state index contributed by atoms with van der Waals surface area (Å²) >= 11 is 0. The van der Waals surface area contributed by atoms with Crippen molar-refractivity contribution < 1.29 is 0 Å². The predicted octanol–water partition coefficient (Wildman–Crippen LogP) is 3.78. The summed E-state index contributed by atoms with van der Waals surface area (Å²) in [5.41, 5.74) is 2.71. The van der Waals surface area contributed by atoms with Crippen LogP contribution in [0.15, 0.2) is 24.3 Å². The highest BCUT2D eigenvalue weighted by atomic mass is 15.2. The summed E-state index contributed by atoms with van der Waals surface area (Å²) in [5.74, 6) is 0.705. The van der Waals surface area contributed by atoms with E-state index in [0.717, 1.165) is 0 Å². The van der Waals surface area contributed by atoms with E-state index in [1.54, 1.807) is 0 Å². The van der Waals surface area contributed by atoms with Crippen LogP contribution in [0.4, 0.5) is 5.69 Å². The minimum Gasteiger partial charge on any atom is -0.382 e. The number of hydrogen-bond donors (Lipinski definition) is 1. The maximum absolute atomic E-state index is 3.72. The van der Waals surface area contributed by atoms with Crippen molar-refractivity contribution in [2.24, 2.45) is 5.92 Å². The van der Waals surface area contributed by atoms with E-state index in [9.17, 15) is 0 Å². The van der Waals surface area contributed by atoms with Gasteiger partial charge in [0.2, 0.25) is 0 Å². The van der Waals surface area contributed by atoms with Crippen molar-refractivity contribution in [3.05, 3.63) is 29.8 Å². The molecule has 2 rings (SSSR count). The second-order valence-electron chi connectivity index (χ2n) is 6.20. The number of anilines is 1. The number of piperidine rings is 1. The lowest BCUT2D eigenvalue weighted by Crippen LogP contribution is -2.48. The maximum Gasteiger partial charge on any atom is 0.0342 e. The van der Waals surface area contributed by atoms with E-state index >= 15 is 0 Å². The Morgan fingerprint density at radius 1 is 1.21 bits per heavy atom. The van der Waals surface area contributed by atoms with Crippen LogP contribution < -0.4 is 5.32 Å². The molecule has 0 radical (unpaired) electrons. The zero-order valence-corrected chi connectivity index (χ0v) is 12.8. The minimum absolute atomic E-state index is 0.600. The van der Waals surface area contributed by atoms with E-state index in [1.165, 1.54) is 37.1 Å². The molecule has 1 aliphatic rings. The average Bonchev–Trinajstić information content (AvgIpc) is 2.38. The SMILES string of the molecule is CCCc1ccc(NC2CC(C)N(C)CC2C)cc1. The van der Waals surface area contributed by atoms with Gasteiger partial charge in [0, 0.05) is 24.3 Å². The molecule has 1 saturated heterocycles. The molecule has 0 aliphatic carbocycles. The Bertz CT molecular complexity index is 385. The Balaban J connectivity index is 1.96. The van der Waals surface area contributed by atoms with Crippen LogP contribution in [-0.2, 0) is 6.42 Å². The largest absolute Gasteiger partial charge is 0.382 e. The van der Waals surface area contributed by atoms with Crippen molar-refractivity contribution in [1.29, 1.82) is 0 Å². The van der Waals surface area contributed by atoms with Crippen LogP contribution in [0.25, 0.3) is 0 Å². The molecule has 3 unspecified atom stereocenters. The van der Waals surface area contributed by atoms with Crippen LogP contribution in [0.5, 0.6) is 0 Å². The lowest BCUT2D eigenvalue weighted by Gasteiger charge is -2.40. The Morgan fingerprint density at radius 2 is 1.89 bits per heavy atom. The molecule has 0 bridgehead atoms. The molecule has 19 heavy (non-hydrogen) atoms. The van der Waals surface area contributed by atoms with Gasteiger partial charge >= 0.3 is 0 Å². The molecule has 1 aliphatic heterocycles. The van der Waals surface area contributed by atoms with Crippen molar-refractivity contribution >= 4 is 5.69 Å². The highest BCUT2D eigenvalue weighted by Gasteiger charge is 2.28. The molecule has 1 heterocycles. The van der Waals surface area contributed by atoms with Gasteiger partial charge in [-0.15, -0.1) is 0 Å². The van der Waals surface area contributed by atoms with Crippen LogP contribution in [0.1, 0.15) is 39.2 Å². The van der Waals surface area contributed by atoms with Crippen LogP contribution in [0, 0.1) is 5.92 Å². The van der Waals surface area contributed by atoms with E-state index < -0.39 is 0 Å². The summed E-state index contributed by atoms with van der Waals surface area (Å²) in [6, 6.07) is 10.3. The van der Waals surface area contributed by atoms with Gasteiger partial charge < -0.3 is 10.2 Å². The van der Waals surface area contributed by atoms with Crippen molar-refractivity contribution in [2.75, 3.05) is 18.9 Å². The third-order valence-electron chi connectivity index (χ3n) is 4.46. The normalized spacial score (nSPS) is 28.3. The fourth-order valence-corrected chi connectivity index (χ4v) is 3.01. The van der Waals surface area contributed by atoms with Crippen molar-refractivity contribution in [3.63, 3.8) is 0 Å². The van der Waals surface area contributed by atoms with Crippen molar-refractivity contribution in [2.45, 2.75) is 52.1 Å². The van der Waals surface area contributed by atoms with Gasteiger partial charge in [-0.1, -0.05) is 32.4 Å². The second-order valence-corrected chi connectivity index (χ2v) is 6.20. The molecule has 1 fully saturated rings. The van der Waals surface area contributed by atoms with Crippen LogP contribution in [-0.4, -0.2) is 30.6 Å². The number of nitrogens with one attached hydrogen (secondary N) is 1.